The molecule has 2 aliphatic heterocycles. The van der Waals surface area contributed by atoms with Crippen molar-refractivity contribution >= 4 is 16.9 Å². The van der Waals surface area contributed by atoms with Crippen LogP contribution >= 0.6 is 0 Å². The number of pyridine rings is 1. The second-order valence-electron chi connectivity index (χ2n) is 7.89. The van der Waals surface area contributed by atoms with E-state index in [2.05, 4.69) is 39.2 Å². The summed E-state index contributed by atoms with van der Waals surface area (Å²) in [6, 6.07) is 14.5. The highest BCUT2D eigenvalue weighted by atomic mass is 16.2. The van der Waals surface area contributed by atoms with Crippen LogP contribution in [-0.4, -0.2) is 37.8 Å². The van der Waals surface area contributed by atoms with Crippen molar-refractivity contribution in [3.63, 3.8) is 0 Å². The van der Waals surface area contributed by atoms with Crippen molar-refractivity contribution in [3.8, 4) is 0 Å². The number of carbonyl (C=O) groups is 1. The summed E-state index contributed by atoms with van der Waals surface area (Å²) in [5.41, 5.74) is 2.14. The average Bonchev–Trinajstić information content (AvgIpc) is 2.97. The molecule has 6 heteroatoms. The molecule has 2 saturated heterocycles. The molecule has 1 aromatic carbocycles. The standard InChI is InChI=1S/C22H22N4O2/c1-13-23-18-9-10-19(25-20(18)21(27)24-13)22(28)26-16-7-8-17(26)12-15(11-16)14-5-3-2-4-6-14/h2-6,9-10,15-17H,7-8,11-12H2,1H3,(H,23,24,27)/t15?,16-,17+. The third-order valence-electron chi connectivity index (χ3n) is 6.13. The second kappa shape index (κ2) is 6.55. The molecule has 0 radical (unpaired) electrons. The predicted octanol–water partition coefficient (Wildman–Crippen LogP) is 3.18. The zero-order chi connectivity index (χ0) is 19.3. The molecule has 142 valence electrons. The monoisotopic (exact) mass is 374 g/mol. The maximum atomic E-state index is 13.3. The number of aromatic nitrogens is 3. The summed E-state index contributed by atoms with van der Waals surface area (Å²) in [6.07, 6.45) is 4.05. The fourth-order valence-electron chi connectivity index (χ4n) is 4.90. The maximum absolute atomic E-state index is 13.3. The van der Waals surface area contributed by atoms with Crippen molar-refractivity contribution in [2.24, 2.45) is 0 Å². The van der Waals surface area contributed by atoms with Crippen LogP contribution in [0.1, 0.15) is 53.5 Å². The van der Waals surface area contributed by atoms with Gasteiger partial charge in [0.2, 0.25) is 0 Å². The molecule has 6 nitrogen and oxygen atoms in total. The number of nitrogens with one attached hydrogen (secondary N) is 1. The number of rotatable bonds is 2. The number of piperidine rings is 1. The van der Waals surface area contributed by atoms with E-state index in [4.69, 9.17) is 0 Å². The van der Waals surface area contributed by atoms with Gasteiger partial charge in [-0.3, -0.25) is 9.59 Å². The van der Waals surface area contributed by atoms with E-state index in [-0.39, 0.29) is 29.1 Å². The molecule has 28 heavy (non-hydrogen) atoms. The molecule has 1 unspecified atom stereocenters. The number of aryl methyl sites for hydroxylation is 1. The molecular formula is C22H22N4O2. The zero-order valence-corrected chi connectivity index (χ0v) is 15.8. The van der Waals surface area contributed by atoms with Gasteiger partial charge in [0, 0.05) is 12.1 Å². The summed E-state index contributed by atoms with van der Waals surface area (Å²) in [4.78, 5) is 38.8. The van der Waals surface area contributed by atoms with Crippen LogP contribution in [0, 0.1) is 6.92 Å². The van der Waals surface area contributed by atoms with Crippen LogP contribution in [0.25, 0.3) is 11.0 Å². The Bertz CT molecular complexity index is 1090. The molecule has 1 N–H and O–H groups in total. The fraction of sp³-hybridized carbons (Fsp3) is 0.364. The lowest BCUT2D eigenvalue weighted by Crippen LogP contribution is -2.46. The Morgan fingerprint density at radius 3 is 2.46 bits per heavy atom. The Morgan fingerprint density at radius 1 is 1.04 bits per heavy atom. The maximum Gasteiger partial charge on any atom is 0.277 e. The van der Waals surface area contributed by atoms with Gasteiger partial charge in [0.05, 0.1) is 5.52 Å². The smallest absolute Gasteiger partial charge is 0.277 e. The quantitative estimate of drug-likeness (QED) is 0.747. The molecule has 0 spiro atoms. The highest BCUT2D eigenvalue weighted by molar-refractivity contribution is 5.95. The first-order valence-electron chi connectivity index (χ1n) is 9.85. The number of amides is 1. The van der Waals surface area contributed by atoms with Gasteiger partial charge < -0.3 is 9.88 Å². The summed E-state index contributed by atoms with van der Waals surface area (Å²) in [6.45, 7) is 1.73. The van der Waals surface area contributed by atoms with Crippen LogP contribution in [0.2, 0.25) is 0 Å². The highest BCUT2D eigenvalue weighted by Crippen LogP contribution is 2.43. The van der Waals surface area contributed by atoms with Gasteiger partial charge in [-0.25, -0.2) is 9.97 Å². The molecule has 2 aliphatic rings. The van der Waals surface area contributed by atoms with Crippen molar-refractivity contribution in [2.45, 2.75) is 50.6 Å². The third-order valence-corrected chi connectivity index (χ3v) is 6.13. The van der Waals surface area contributed by atoms with Gasteiger partial charge in [-0.2, -0.15) is 0 Å². The molecule has 0 aliphatic carbocycles. The van der Waals surface area contributed by atoms with Gasteiger partial charge in [0.25, 0.3) is 11.5 Å². The number of nitrogens with zero attached hydrogens (tertiary/aromatic N) is 3. The molecule has 4 heterocycles. The minimum atomic E-state index is -0.303. The third kappa shape index (κ3) is 2.80. The van der Waals surface area contributed by atoms with E-state index < -0.39 is 0 Å². The lowest BCUT2D eigenvalue weighted by Gasteiger charge is -2.39. The van der Waals surface area contributed by atoms with E-state index in [1.165, 1.54) is 5.56 Å². The normalized spacial score (nSPS) is 23.9. The molecule has 5 rings (SSSR count). The Kier molecular flexibility index (Phi) is 4.00. The number of hydrogen-bond donors (Lipinski definition) is 1. The average molecular weight is 374 g/mol. The van der Waals surface area contributed by atoms with Crippen LogP contribution in [-0.2, 0) is 0 Å². The summed E-state index contributed by atoms with van der Waals surface area (Å²) in [7, 11) is 0. The number of benzene rings is 1. The summed E-state index contributed by atoms with van der Waals surface area (Å²) >= 11 is 0. The van der Waals surface area contributed by atoms with Crippen LogP contribution in [0.5, 0.6) is 0 Å². The van der Waals surface area contributed by atoms with Crippen LogP contribution < -0.4 is 5.56 Å². The molecule has 2 fully saturated rings. The minimum Gasteiger partial charge on any atom is -0.331 e. The van der Waals surface area contributed by atoms with Gasteiger partial charge in [-0.1, -0.05) is 30.3 Å². The number of carbonyl (C=O) groups excluding carboxylic acids is 1. The first-order valence-corrected chi connectivity index (χ1v) is 9.85. The van der Waals surface area contributed by atoms with Crippen LogP contribution in [0.3, 0.4) is 0 Å². The predicted molar refractivity (Wildman–Crippen MR) is 106 cm³/mol. The van der Waals surface area contributed by atoms with E-state index in [0.717, 1.165) is 25.7 Å². The molecule has 1 amide bonds. The topological polar surface area (TPSA) is 79.0 Å². The first-order chi connectivity index (χ1) is 13.6. The number of hydrogen-bond acceptors (Lipinski definition) is 4. The first kappa shape index (κ1) is 17.1. The number of H-pyrrole nitrogens is 1. The van der Waals surface area contributed by atoms with Gasteiger partial charge in [-0.05, 0) is 56.2 Å². The summed E-state index contributed by atoms with van der Waals surface area (Å²) in [5.74, 6) is 0.975. The lowest BCUT2D eigenvalue weighted by atomic mass is 9.85. The molecule has 2 aromatic heterocycles. The molecule has 3 aromatic rings. The van der Waals surface area contributed by atoms with Gasteiger partial charge >= 0.3 is 0 Å². The molecule has 3 atom stereocenters. The Balaban J connectivity index is 1.44. The SMILES string of the molecule is Cc1nc2ccc(C(=O)N3[C@@H]4CC[C@H]3CC(c3ccccc3)C4)nc2c(=O)[nH]1. The Labute approximate surface area is 162 Å². The fourth-order valence-corrected chi connectivity index (χ4v) is 4.90. The molecule has 2 bridgehead atoms. The zero-order valence-electron chi connectivity index (χ0n) is 15.8. The van der Waals surface area contributed by atoms with E-state index in [1.54, 1.807) is 19.1 Å². The van der Waals surface area contributed by atoms with Crippen LogP contribution in [0.15, 0.2) is 47.3 Å². The van der Waals surface area contributed by atoms with Gasteiger partial charge in [0.15, 0.2) is 5.52 Å². The van der Waals surface area contributed by atoms with Crippen molar-refractivity contribution in [1.29, 1.82) is 0 Å². The van der Waals surface area contributed by atoms with E-state index in [0.29, 0.717) is 23.0 Å². The van der Waals surface area contributed by atoms with Crippen LogP contribution in [0.4, 0.5) is 0 Å². The minimum absolute atomic E-state index is 0.0686. The number of fused-ring (bicyclic) bond motifs is 3. The van der Waals surface area contributed by atoms with Crippen molar-refractivity contribution in [1.82, 2.24) is 19.9 Å². The van der Waals surface area contributed by atoms with E-state index >= 15 is 0 Å². The Morgan fingerprint density at radius 2 is 1.75 bits per heavy atom. The van der Waals surface area contributed by atoms with E-state index in [1.807, 2.05) is 11.0 Å². The lowest BCUT2D eigenvalue weighted by molar-refractivity contribution is 0.0566. The Hall–Kier alpha value is -3.02. The van der Waals surface area contributed by atoms with E-state index in [9.17, 15) is 9.59 Å². The summed E-state index contributed by atoms with van der Waals surface area (Å²) < 4.78 is 0. The second-order valence-corrected chi connectivity index (χ2v) is 7.89. The van der Waals surface area contributed by atoms with Gasteiger partial charge in [0.1, 0.15) is 11.5 Å². The highest BCUT2D eigenvalue weighted by Gasteiger charge is 2.44. The molecular weight excluding hydrogens is 352 g/mol. The van der Waals surface area contributed by atoms with Crippen molar-refractivity contribution < 1.29 is 4.79 Å². The largest absolute Gasteiger partial charge is 0.331 e. The number of aromatic amines is 1. The van der Waals surface area contributed by atoms with Crippen molar-refractivity contribution in [2.75, 3.05) is 0 Å². The summed E-state index contributed by atoms with van der Waals surface area (Å²) in [5, 5.41) is 0. The van der Waals surface area contributed by atoms with Gasteiger partial charge in [-0.15, -0.1) is 0 Å². The van der Waals surface area contributed by atoms with Crippen molar-refractivity contribution in [3.05, 3.63) is 69.9 Å². The molecule has 0 saturated carbocycles.